The predicted molar refractivity (Wildman–Crippen MR) is 178 cm³/mol. The van der Waals surface area contributed by atoms with Crippen LogP contribution in [0.3, 0.4) is 0 Å². The Kier molecular flexibility index (Phi) is 11.7. The molecule has 47 heavy (non-hydrogen) atoms. The summed E-state index contributed by atoms with van der Waals surface area (Å²) in [5.41, 5.74) is 0.457. The smallest absolute Gasteiger partial charge is 0.273 e. The first kappa shape index (κ1) is 35.5. The molecule has 14 heteroatoms. The van der Waals surface area contributed by atoms with E-state index in [1.165, 1.54) is 56.4 Å². The van der Waals surface area contributed by atoms with Gasteiger partial charge in [-0.25, -0.2) is 8.42 Å². The summed E-state index contributed by atoms with van der Waals surface area (Å²) in [5, 5.41) is 14.9. The van der Waals surface area contributed by atoms with E-state index in [2.05, 4.69) is 5.32 Å². The number of methoxy groups -OCH3 is 2. The van der Waals surface area contributed by atoms with Crippen LogP contribution in [0.1, 0.15) is 50.2 Å². The minimum absolute atomic E-state index is 0.0163. The number of ether oxygens (including phenoxy) is 2. The number of amides is 2. The first-order valence-corrected chi connectivity index (χ1v) is 17.0. The molecule has 3 aromatic carbocycles. The molecule has 1 aliphatic carbocycles. The monoisotopic (exact) mass is 686 g/mol. The Morgan fingerprint density at radius 3 is 2.43 bits per heavy atom. The van der Waals surface area contributed by atoms with Crippen LogP contribution < -0.4 is 19.1 Å². The number of nitrogens with zero attached hydrogens (tertiary/aromatic N) is 3. The lowest BCUT2D eigenvalue weighted by Crippen LogP contribution is -2.53. The first-order valence-electron chi connectivity index (χ1n) is 15.2. The molecule has 12 nitrogen and oxygen atoms in total. The van der Waals surface area contributed by atoms with Gasteiger partial charge >= 0.3 is 0 Å². The molecule has 1 N–H and O–H groups in total. The van der Waals surface area contributed by atoms with Crippen molar-refractivity contribution < 1.29 is 32.4 Å². The van der Waals surface area contributed by atoms with Gasteiger partial charge in [-0.1, -0.05) is 49.1 Å². The molecule has 1 fully saturated rings. The highest BCUT2D eigenvalue weighted by Gasteiger charge is 2.35. The van der Waals surface area contributed by atoms with Gasteiger partial charge in [-0.3, -0.25) is 24.0 Å². The molecule has 1 aliphatic rings. The quantitative estimate of drug-likeness (QED) is 0.180. The zero-order chi connectivity index (χ0) is 34.3. The van der Waals surface area contributed by atoms with Crippen molar-refractivity contribution in [2.45, 2.75) is 69.5 Å². The van der Waals surface area contributed by atoms with E-state index in [-0.39, 0.29) is 40.5 Å². The highest BCUT2D eigenvalue weighted by atomic mass is 35.5. The number of sulfonamides is 1. The molecule has 0 aliphatic heterocycles. The second kappa shape index (κ2) is 15.5. The average Bonchev–Trinajstić information content (AvgIpc) is 3.06. The number of halogens is 1. The maximum absolute atomic E-state index is 14.3. The summed E-state index contributed by atoms with van der Waals surface area (Å²) in [4.78, 5) is 39.8. The summed E-state index contributed by atoms with van der Waals surface area (Å²) in [6, 6.07) is 13.8. The van der Waals surface area contributed by atoms with E-state index in [0.717, 1.165) is 42.5 Å². The molecular weight excluding hydrogens is 648 g/mol. The number of rotatable bonds is 13. The number of anilines is 1. The molecule has 0 aromatic heterocycles. The van der Waals surface area contributed by atoms with Crippen LogP contribution in [0.25, 0.3) is 0 Å². The normalized spacial score (nSPS) is 14.1. The number of aryl methyl sites for hydroxylation is 1. The van der Waals surface area contributed by atoms with Crippen molar-refractivity contribution in [3.05, 3.63) is 86.9 Å². The van der Waals surface area contributed by atoms with Crippen LogP contribution in [0.5, 0.6) is 11.5 Å². The molecule has 2 amide bonds. The van der Waals surface area contributed by atoms with Gasteiger partial charge in [0.2, 0.25) is 11.8 Å². The fraction of sp³-hybridized carbons (Fsp3) is 0.394. The standard InChI is InChI=1S/C33H39ClN4O8S/c1-22-13-15-28(19-29(22)38(41)42)47(43,44)37(30-18-25(34)14-16-31(30)46-4)21-32(39)36(20-24-9-8-12-27(17-24)45-3)23(2)33(40)35-26-10-6-5-7-11-26/h8-9,12-19,23,26H,5-7,10-11,20-21H2,1-4H3,(H,35,40)/t23-/m0/s1. The molecule has 3 aromatic rings. The van der Waals surface area contributed by atoms with E-state index in [1.807, 2.05) is 0 Å². The Bertz CT molecular complexity index is 1730. The highest BCUT2D eigenvalue weighted by molar-refractivity contribution is 7.92. The molecule has 1 atom stereocenters. The maximum atomic E-state index is 14.3. The first-order chi connectivity index (χ1) is 22.3. The molecule has 4 rings (SSSR count). The Morgan fingerprint density at radius 1 is 1.04 bits per heavy atom. The molecule has 0 unspecified atom stereocenters. The number of hydrogen-bond donors (Lipinski definition) is 1. The van der Waals surface area contributed by atoms with Crippen LogP contribution >= 0.6 is 11.6 Å². The topological polar surface area (TPSA) is 148 Å². The van der Waals surface area contributed by atoms with Gasteiger partial charge in [0, 0.05) is 29.2 Å². The molecular formula is C33H39ClN4O8S. The largest absolute Gasteiger partial charge is 0.497 e. The number of nitro groups is 1. The average molecular weight is 687 g/mol. The van der Waals surface area contributed by atoms with Crippen LogP contribution in [0.4, 0.5) is 11.4 Å². The van der Waals surface area contributed by atoms with Gasteiger partial charge in [-0.15, -0.1) is 0 Å². The molecule has 0 radical (unpaired) electrons. The summed E-state index contributed by atoms with van der Waals surface area (Å²) in [6.45, 7) is 2.28. The summed E-state index contributed by atoms with van der Waals surface area (Å²) in [7, 11) is -1.79. The van der Waals surface area contributed by atoms with Crippen molar-refractivity contribution >= 4 is 44.8 Å². The van der Waals surface area contributed by atoms with Crippen molar-refractivity contribution in [3.8, 4) is 11.5 Å². The van der Waals surface area contributed by atoms with Crippen molar-refractivity contribution in [2.24, 2.45) is 0 Å². The van der Waals surface area contributed by atoms with E-state index in [9.17, 15) is 28.1 Å². The molecule has 1 saturated carbocycles. The van der Waals surface area contributed by atoms with Gasteiger partial charge in [-0.2, -0.15) is 0 Å². The minimum Gasteiger partial charge on any atom is -0.497 e. The Morgan fingerprint density at radius 2 is 1.77 bits per heavy atom. The van der Waals surface area contributed by atoms with Crippen LogP contribution in [-0.2, 0) is 26.2 Å². The molecule has 0 bridgehead atoms. The van der Waals surface area contributed by atoms with Crippen molar-refractivity contribution in [1.82, 2.24) is 10.2 Å². The van der Waals surface area contributed by atoms with E-state index >= 15 is 0 Å². The molecule has 0 heterocycles. The van der Waals surface area contributed by atoms with E-state index < -0.39 is 44.0 Å². The number of hydrogen-bond acceptors (Lipinski definition) is 8. The van der Waals surface area contributed by atoms with Crippen molar-refractivity contribution in [3.63, 3.8) is 0 Å². The third-order valence-electron chi connectivity index (χ3n) is 8.26. The number of benzene rings is 3. The Labute approximate surface area is 279 Å². The van der Waals surface area contributed by atoms with Crippen LogP contribution in [0, 0.1) is 17.0 Å². The number of carbonyl (C=O) groups excluding carboxylic acids is 2. The Hall–Kier alpha value is -4.36. The second-order valence-electron chi connectivity index (χ2n) is 11.4. The number of nitrogens with one attached hydrogen (secondary N) is 1. The lowest BCUT2D eigenvalue weighted by molar-refractivity contribution is -0.385. The third-order valence-corrected chi connectivity index (χ3v) is 10.3. The fourth-order valence-electron chi connectivity index (χ4n) is 5.56. The van der Waals surface area contributed by atoms with Gasteiger partial charge in [0.15, 0.2) is 0 Å². The fourth-order valence-corrected chi connectivity index (χ4v) is 7.17. The zero-order valence-corrected chi connectivity index (χ0v) is 28.3. The van der Waals surface area contributed by atoms with Gasteiger partial charge < -0.3 is 19.7 Å². The van der Waals surface area contributed by atoms with E-state index in [4.69, 9.17) is 21.1 Å². The summed E-state index contributed by atoms with van der Waals surface area (Å²) in [5.74, 6) is -0.429. The summed E-state index contributed by atoms with van der Waals surface area (Å²) < 4.78 is 40.2. The maximum Gasteiger partial charge on any atom is 0.273 e. The number of carbonyl (C=O) groups is 2. The molecule has 0 saturated heterocycles. The molecule has 252 valence electrons. The zero-order valence-electron chi connectivity index (χ0n) is 26.8. The number of nitro benzene ring substituents is 1. The van der Waals surface area contributed by atoms with Crippen LogP contribution in [0.2, 0.25) is 5.02 Å². The van der Waals surface area contributed by atoms with Gasteiger partial charge in [0.25, 0.3) is 15.7 Å². The predicted octanol–water partition coefficient (Wildman–Crippen LogP) is 5.64. The van der Waals surface area contributed by atoms with Gasteiger partial charge in [0.1, 0.15) is 24.1 Å². The molecule has 0 spiro atoms. The van der Waals surface area contributed by atoms with Crippen LogP contribution in [0.15, 0.2) is 65.6 Å². The summed E-state index contributed by atoms with van der Waals surface area (Å²) >= 11 is 6.29. The second-order valence-corrected chi connectivity index (χ2v) is 13.7. The minimum atomic E-state index is -4.63. The lowest BCUT2D eigenvalue weighted by Gasteiger charge is -2.33. The highest BCUT2D eigenvalue weighted by Crippen LogP contribution is 2.36. The lowest BCUT2D eigenvalue weighted by atomic mass is 9.95. The van der Waals surface area contributed by atoms with Crippen LogP contribution in [-0.4, -0.2) is 62.9 Å². The van der Waals surface area contributed by atoms with Crippen molar-refractivity contribution in [2.75, 3.05) is 25.1 Å². The van der Waals surface area contributed by atoms with E-state index in [1.54, 1.807) is 31.2 Å². The third kappa shape index (κ3) is 8.52. The van der Waals surface area contributed by atoms with Gasteiger partial charge in [0.05, 0.1) is 29.7 Å². The SMILES string of the molecule is COc1cccc(CN(C(=O)CN(c2cc(Cl)ccc2OC)S(=O)(=O)c2ccc(C)c([N+](=O)[O-])c2)[C@@H](C)C(=O)NC2CCCCC2)c1. The Balaban J connectivity index is 1.78. The van der Waals surface area contributed by atoms with Gasteiger partial charge in [-0.05, 0) is 68.7 Å². The van der Waals surface area contributed by atoms with E-state index in [0.29, 0.717) is 11.3 Å². The summed E-state index contributed by atoms with van der Waals surface area (Å²) in [6.07, 6.45) is 4.77. The van der Waals surface area contributed by atoms with Crippen molar-refractivity contribution in [1.29, 1.82) is 0 Å².